The Morgan fingerprint density at radius 2 is 1.89 bits per heavy atom. The van der Waals surface area contributed by atoms with Crippen LogP contribution in [-0.2, 0) is 24.0 Å². The van der Waals surface area contributed by atoms with Gasteiger partial charge in [0.2, 0.25) is 11.8 Å². The molecule has 5 amide bonds. The van der Waals surface area contributed by atoms with Gasteiger partial charge in [0.1, 0.15) is 12.1 Å². The highest BCUT2D eigenvalue weighted by Gasteiger charge is 2.51. The molecular formula is C23H33Cl3FN5O5. The number of carbonyl (C=O) groups is 5. The van der Waals surface area contributed by atoms with Crippen LogP contribution in [-0.4, -0.2) is 81.6 Å². The largest absolute Gasteiger partial charge is 0.356 e. The van der Waals surface area contributed by atoms with Gasteiger partial charge in [-0.2, -0.15) is 0 Å². The Morgan fingerprint density at radius 3 is 2.46 bits per heavy atom. The van der Waals surface area contributed by atoms with Gasteiger partial charge < -0.3 is 15.5 Å². The van der Waals surface area contributed by atoms with Crippen molar-refractivity contribution in [3.8, 4) is 0 Å². The molecule has 0 bridgehead atoms. The standard InChI is InChI=1S/C23H33Cl3FN5O5/c1-3-11(2)15(29-21(35)17(24)25)22(36)31-9-12-5-4-6-14(12)16(31)20(34)30-32(23(37)18(26)27)10-13-7-8-28-19(13)33/h11-18H,3-10H2,1-2H3,(H,28,33)(H,29,35)(H,30,34)/t11?,12-,13-,14-,15?,16-,18?/m0/s1. The Morgan fingerprint density at radius 1 is 1.19 bits per heavy atom. The SMILES string of the molecule is CCC(C)C(NC(=O)C(Cl)Cl)C(=O)N1C[C@@H]2CCC[C@@H]2[C@H]1C(=O)NN(C[C@@H]1CCNC1=O)C(=O)C(F)Cl. The molecule has 1 aliphatic carbocycles. The average Bonchev–Trinajstić information content (AvgIpc) is 3.56. The molecule has 3 N–H and O–H groups in total. The first kappa shape index (κ1) is 29.7. The zero-order chi connectivity index (χ0) is 27.4. The maximum atomic E-state index is 13.8. The van der Waals surface area contributed by atoms with Crippen LogP contribution in [0, 0.1) is 23.7 Å². The van der Waals surface area contributed by atoms with Gasteiger partial charge >= 0.3 is 0 Å². The van der Waals surface area contributed by atoms with Crippen LogP contribution in [0.15, 0.2) is 0 Å². The lowest BCUT2D eigenvalue weighted by Crippen LogP contribution is -2.60. The summed E-state index contributed by atoms with van der Waals surface area (Å²) in [6.07, 6.45) is 3.37. The normalized spacial score (nSPS) is 27.3. The molecule has 0 spiro atoms. The second kappa shape index (κ2) is 12.8. The zero-order valence-electron chi connectivity index (χ0n) is 20.7. The molecular weight excluding hydrogens is 552 g/mol. The third-order valence-electron chi connectivity index (χ3n) is 7.68. The van der Waals surface area contributed by atoms with Gasteiger partial charge in [0.05, 0.1) is 12.5 Å². The second-order valence-corrected chi connectivity index (χ2v) is 11.4. The Kier molecular flexibility index (Phi) is 10.3. The molecule has 2 aliphatic heterocycles. The topological polar surface area (TPSA) is 128 Å². The van der Waals surface area contributed by atoms with Gasteiger partial charge in [0, 0.05) is 13.1 Å². The van der Waals surface area contributed by atoms with Crippen molar-refractivity contribution >= 4 is 64.3 Å². The van der Waals surface area contributed by atoms with Crippen LogP contribution >= 0.6 is 34.8 Å². The van der Waals surface area contributed by atoms with Gasteiger partial charge in [-0.3, -0.25) is 29.4 Å². The monoisotopic (exact) mass is 583 g/mol. The van der Waals surface area contributed by atoms with Crippen molar-refractivity contribution in [1.82, 2.24) is 26.0 Å². The molecule has 2 heterocycles. The van der Waals surface area contributed by atoms with Crippen molar-refractivity contribution in [2.45, 2.75) is 68.5 Å². The Bertz CT molecular complexity index is 910. The molecule has 3 fully saturated rings. The quantitative estimate of drug-likeness (QED) is 0.279. The van der Waals surface area contributed by atoms with Crippen LogP contribution in [0.5, 0.6) is 0 Å². The summed E-state index contributed by atoms with van der Waals surface area (Å²) in [5.74, 6) is -4.38. The van der Waals surface area contributed by atoms with Crippen molar-refractivity contribution in [2.75, 3.05) is 19.6 Å². The van der Waals surface area contributed by atoms with E-state index in [1.54, 1.807) is 6.92 Å². The molecule has 1 saturated carbocycles. The van der Waals surface area contributed by atoms with E-state index in [9.17, 15) is 28.4 Å². The van der Waals surface area contributed by atoms with Crippen LogP contribution in [0.1, 0.15) is 46.0 Å². The minimum absolute atomic E-state index is 0.0634. The Balaban J connectivity index is 1.84. The summed E-state index contributed by atoms with van der Waals surface area (Å²) in [5.41, 5.74) is 0.0212. The summed E-state index contributed by atoms with van der Waals surface area (Å²) in [7, 11) is 0. The summed E-state index contributed by atoms with van der Waals surface area (Å²) in [6, 6.07) is -1.92. The van der Waals surface area contributed by atoms with Crippen LogP contribution in [0.3, 0.4) is 0 Å². The van der Waals surface area contributed by atoms with E-state index < -0.39 is 52.1 Å². The molecule has 208 valence electrons. The molecule has 3 aliphatic rings. The van der Waals surface area contributed by atoms with Crippen molar-refractivity contribution < 1.29 is 28.4 Å². The van der Waals surface area contributed by atoms with E-state index in [1.165, 1.54) is 4.90 Å². The van der Waals surface area contributed by atoms with Gasteiger partial charge in [0.25, 0.3) is 23.4 Å². The average molecular weight is 585 g/mol. The van der Waals surface area contributed by atoms with Crippen molar-refractivity contribution in [2.24, 2.45) is 23.7 Å². The van der Waals surface area contributed by atoms with Crippen LogP contribution < -0.4 is 16.1 Å². The van der Waals surface area contributed by atoms with Gasteiger partial charge in [-0.1, -0.05) is 61.5 Å². The number of hydrogen-bond donors (Lipinski definition) is 3. The molecule has 0 radical (unpaired) electrons. The number of nitrogens with one attached hydrogen (secondary N) is 3. The van der Waals surface area contributed by atoms with E-state index in [-0.39, 0.29) is 30.2 Å². The lowest BCUT2D eigenvalue weighted by molar-refractivity contribution is -0.150. The minimum atomic E-state index is -2.42. The number of halogens is 4. The smallest absolute Gasteiger partial charge is 0.291 e. The maximum Gasteiger partial charge on any atom is 0.291 e. The molecule has 0 aromatic rings. The molecule has 37 heavy (non-hydrogen) atoms. The first-order valence-corrected chi connectivity index (χ1v) is 13.8. The van der Waals surface area contributed by atoms with E-state index in [0.29, 0.717) is 32.4 Å². The van der Waals surface area contributed by atoms with Gasteiger partial charge in [-0.05, 0) is 37.0 Å². The molecule has 0 aromatic carbocycles. The number of carbonyl (C=O) groups excluding carboxylic acids is 5. The summed E-state index contributed by atoms with van der Waals surface area (Å²) < 4.78 is 13.8. The van der Waals surface area contributed by atoms with Gasteiger partial charge in [-0.25, -0.2) is 9.40 Å². The van der Waals surface area contributed by atoms with Crippen molar-refractivity contribution in [3.63, 3.8) is 0 Å². The van der Waals surface area contributed by atoms with Crippen LogP contribution in [0.2, 0.25) is 0 Å². The first-order chi connectivity index (χ1) is 17.5. The third-order valence-corrected chi connectivity index (χ3v) is 8.26. The summed E-state index contributed by atoms with van der Waals surface area (Å²) in [4.78, 5) is 64.1. The van der Waals surface area contributed by atoms with Gasteiger partial charge in [0.15, 0.2) is 4.84 Å². The minimum Gasteiger partial charge on any atom is -0.356 e. The molecule has 3 unspecified atom stereocenters. The summed E-state index contributed by atoms with van der Waals surface area (Å²) in [5, 5.41) is 5.96. The predicted molar refractivity (Wildman–Crippen MR) is 135 cm³/mol. The summed E-state index contributed by atoms with van der Waals surface area (Å²) >= 11 is 16.8. The fraction of sp³-hybridized carbons (Fsp3) is 0.783. The lowest BCUT2D eigenvalue weighted by Gasteiger charge is -2.34. The maximum absolute atomic E-state index is 13.8. The Labute approximate surface area is 230 Å². The van der Waals surface area contributed by atoms with Gasteiger partial charge in [-0.15, -0.1) is 0 Å². The van der Waals surface area contributed by atoms with E-state index >= 15 is 0 Å². The molecule has 7 atom stereocenters. The second-order valence-electron chi connectivity index (χ2n) is 9.96. The number of rotatable bonds is 9. The zero-order valence-corrected chi connectivity index (χ0v) is 23.0. The number of hydrazine groups is 1. The van der Waals surface area contributed by atoms with Crippen molar-refractivity contribution in [1.29, 1.82) is 0 Å². The predicted octanol–water partition coefficient (Wildman–Crippen LogP) is 1.48. The van der Waals surface area contributed by atoms with Crippen LogP contribution in [0.25, 0.3) is 0 Å². The highest BCUT2D eigenvalue weighted by molar-refractivity contribution is 6.53. The van der Waals surface area contributed by atoms with Crippen molar-refractivity contribution in [3.05, 3.63) is 0 Å². The van der Waals surface area contributed by atoms with Crippen LogP contribution in [0.4, 0.5) is 4.39 Å². The Hall–Kier alpha value is -1.85. The molecule has 0 aromatic heterocycles. The fourth-order valence-corrected chi connectivity index (χ4v) is 5.74. The van der Waals surface area contributed by atoms with E-state index in [1.807, 2.05) is 6.92 Å². The highest BCUT2D eigenvalue weighted by atomic mass is 35.5. The fourth-order valence-electron chi connectivity index (χ4n) is 5.49. The first-order valence-electron chi connectivity index (χ1n) is 12.5. The van der Waals surface area contributed by atoms with E-state index in [0.717, 1.165) is 17.9 Å². The molecule has 10 nitrogen and oxygen atoms in total. The number of hydrogen-bond acceptors (Lipinski definition) is 5. The van der Waals surface area contributed by atoms with E-state index in [2.05, 4.69) is 16.1 Å². The number of likely N-dealkylation sites (tertiary alicyclic amines) is 1. The lowest BCUT2D eigenvalue weighted by atomic mass is 9.93. The number of alkyl halides is 4. The number of amides is 5. The number of nitrogens with zero attached hydrogens (tertiary/aromatic N) is 2. The molecule has 3 rings (SSSR count). The summed E-state index contributed by atoms with van der Waals surface area (Å²) in [6.45, 7) is 4.11. The molecule has 2 saturated heterocycles. The molecule has 14 heteroatoms. The highest BCUT2D eigenvalue weighted by Crippen LogP contribution is 2.42. The number of fused-ring (bicyclic) bond motifs is 1. The third kappa shape index (κ3) is 6.78. The van der Waals surface area contributed by atoms with E-state index in [4.69, 9.17) is 34.8 Å².